The summed E-state index contributed by atoms with van der Waals surface area (Å²) in [6.45, 7) is 14.9. The van der Waals surface area contributed by atoms with Crippen molar-refractivity contribution >= 4 is 5.69 Å². The summed E-state index contributed by atoms with van der Waals surface area (Å²) in [6, 6.07) is 8.78. The molecule has 1 aliphatic carbocycles. The van der Waals surface area contributed by atoms with Gasteiger partial charge in [-0.1, -0.05) is 82.9 Å². The molecule has 28 heavy (non-hydrogen) atoms. The molecule has 2 rings (SSSR count). The molecule has 0 spiro atoms. The quantitative estimate of drug-likeness (QED) is 0.389. The second-order valence-electron chi connectivity index (χ2n) is 9.07. The van der Waals surface area contributed by atoms with Gasteiger partial charge < -0.3 is 4.90 Å². The zero-order valence-electron chi connectivity index (χ0n) is 19.1. The summed E-state index contributed by atoms with van der Waals surface area (Å²) >= 11 is 0. The molecule has 0 fully saturated rings. The zero-order chi connectivity index (χ0) is 20.6. The number of hydrogen-bond donors (Lipinski definition) is 0. The van der Waals surface area contributed by atoms with E-state index < -0.39 is 0 Å². The minimum Gasteiger partial charge on any atom is -0.345 e. The third-order valence-electron chi connectivity index (χ3n) is 5.63. The smallest absolute Gasteiger partial charge is 0.0437 e. The largest absolute Gasteiger partial charge is 0.345 e. The monoisotopic (exact) mass is 379 g/mol. The van der Waals surface area contributed by atoms with Crippen molar-refractivity contribution in [2.75, 3.05) is 11.4 Å². The summed E-state index contributed by atoms with van der Waals surface area (Å²) in [5.74, 6) is 0. The van der Waals surface area contributed by atoms with Gasteiger partial charge in [-0.15, -0.1) is 0 Å². The highest BCUT2D eigenvalue weighted by molar-refractivity contribution is 5.58. The van der Waals surface area contributed by atoms with Crippen LogP contribution in [0.2, 0.25) is 0 Å². The van der Waals surface area contributed by atoms with Gasteiger partial charge in [0.25, 0.3) is 0 Å². The van der Waals surface area contributed by atoms with Crippen molar-refractivity contribution in [3.63, 3.8) is 0 Å². The van der Waals surface area contributed by atoms with Crippen molar-refractivity contribution in [1.29, 1.82) is 0 Å². The van der Waals surface area contributed by atoms with Gasteiger partial charge in [-0.3, -0.25) is 0 Å². The molecule has 1 aromatic rings. The topological polar surface area (TPSA) is 3.24 Å². The molecule has 0 aliphatic heterocycles. The van der Waals surface area contributed by atoms with Crippen LogP contribution < -0.4 is 4.90 Å². The molecule has 0 heterocycles. The van der Waals surface area contributed by atoms with E-state index in [1.807, 2.05) is 0 Å². The molecule has 0 amide bonds. The van der Waals surface area contributed by atoms with Crippen molar-refractivity contribution in [2.45, 2.75) is 86.5 Å². The molecule has 0 unspecified atom stereocenters. The maximum absolute atomic E-state index is 2.52. The van der Waals surface area contributed by atoms with Gasteiger partial charge in [0.2, 0.25) is 0 Å². The fourth-order valence-corrected chi connectivity index (χ4v) is 4.37. The number of allylic oxidation sites excluding steroid dienone is 6. The first-order chi connectivity index (χ1) is 13.4. The van der Waals surface area contributed by atoms with E-state index in [-0.39, 0.29) is 0 Å². The number of para-hydroxylation sites is 1. The third kappa shape index (κ3) is 6.40. The molecule has 0 bridgehead atoms. The standard InChI is InChI=1S/C27H41N/c1-7-10-11-16-23-18-24(21-27(5,6)20-23)19-25(14-8-2)28(9-3)26-17-13-12-15-22(26)4/h12-13,15-19H,7-11,14,20-21H2,1-6H3/b23-16-,25-19+. The lowest BCUT2D eigenvalue weighted by Crippen LogP contribution is -2.24. The SMILES string of the molecule is CCCC/C=C1C=C(/C=C(\CCC)N(CC)c2ccccc2C)CC(C)(C)C/1. The number of aryl methyl sites for hydroxylation is 1. The normalized spacial score (nSPS) is 18.3. The Balaban J connectivity index is 2.39. The number of anilines is 1. The molecule has 0 aromatic heterocycles. The van der Waals surface area contributed by atoms with Crippen LogP contribution in [0, 0.1) is 12.3 Å². The van der Waals surface area contributed by atoms with E-state index in [1.165, 1.54) is 60.2 Å². The minimum absolute atomic E-state index is 0.343. The second-order valence-corrected chi connectivity index (χ2v) is 9.07. The first-order valence-electron chi connectivity index (χ1n) is 11.3. The molecule has 1 aromatic carbocycles. The van der Waals surface area contributed by atoms with Gasteiger partial charge in [0.05, 0.1) is 0 Å². The van der Waals surface area contributed by atoms with Crippen LogP contribution in [-0.4, -0.2) is 6.54 Å². The summed E-state index contributed by atoms with van der Waals surface area (Å²) in [4.78, 5) is 2.52. The van der Waals surface area contributed by atoms with Gasteiger partial charge >= 0.3 is 0 Å². The summed E-state index contributed by atoms with van der Waals surface area (Å²) in [5.41, 5.74) is 7.52. The van der Waals surface area contributed by atoms with E-state index in [0.717, 1.165) is 19.4 Å². The van der Waals surface area contributed by atoms with Crippen LogP contribution in [0.3, 0.4) is 0 Å². The molecule has 0 atom stereocenters. The Bertz CT molecular complexity index is 718. The van der Waals surface area contributed by atoms with Crippen molar-refractivity contribution < 1.29 is 0 Å². The highest BCUT2D eigenvalue weighted by Crippen LogP contribution is 2.39. The van der Waals surface area contributed by atoms with Crippen molar-refractivity contribution in [3.05, 3.63) is 64.9 Å². The number of unbranched alkanes of at least 4 members (excludes halogenated alkanes) is 2. The van der Waals surface area contributed by atoms with Gasteiger partial charge in [-0.25, -0.2) is 0 Å². The molecule has 0 saturated heterocycles. The fraction of sp³-hybridized carbons (Fsp3) is 0.556. The van der Waals surface area contributed by atoms with Crippen LogP contribution in [0.1, 0.15) is 85.1 Å². The van der Waals surface area contributed by atoms with E-state index in [4.69, 9.17) is 0 Å². The molecule has 0 N–H and O–H groups in total. The van der Waals surface area contributed by atoms with E-state index in [1.54, 1.807) is 0 Å². The third-order valence-corrected chi connectivity index (χ3v) is 5.63. The summed E-state index contributed by atoms with van der Waals surface area (Å²) in [6.07, 6.45) is 15.9. The van der Waals surface area contributed by atoms with Crippen LogP contribution in [-0.2, 0) is 0 Å². The highest BCUT2D eigenvalue weighted by atomic mass is 15.1. The Morgan fingerprint density at radius 1 is 1.07 bits per heavy atom. The Labute approximate surface area is 174 Å². The summed E-state index contributed by atoms with van der Waals surface area (Å²) < 4.78 is 0. The number of rotatable bonds is 9. The Kier molecular flexibility index (Phi) is 8.60. The predicted molar refractivity (Wildman–Crippen MR) is 126 cm³/mol. The highest BCUT2D eigenvalue weighted by Gasteiger charge is 2.25. The van der Waals surface area contributed by atoms with E-state index in [0.29, 0.717) is 5.41 Å². The maximum atomic E-state index is 2.52. The predicted octanol–water partition coefficient (Wildman–Crippen LogP) is 8.37. The Morgan fingerprint density at radius 2 is 1.82 bits per heavy atom. The fourth-order valence-electron chi connectivity index (χ4n) is 4.37. The molecule has 0 radical (unpaired) electrons. The van der Waals surface area contributed by atoms with Crippen LogP contribution in [0.5, 0.6) is 0 Å². The molecule has 1 aliphatic rings. The van der Waals surface area contributed by atoms with E-state index in [2.05, 4.69) is 88.9 Å². The maximum Gasteiger partial charge on any atom is 0.0437 e. The van der Waals surface area contributed by atoms with Gasteiger partial charge in [-0.2, -0.15) is 0 Å². The molecule has 0 saturated carbocycles. The Morgan fingerprint density at radius 3 is 2.46 bits per heavy atom. The average molecular weight is 380 g/mol. The molecular weight excluding hydrogens is 338 g/mol. The van der Waals surface area contributed by atoms with Crippen LogP contribution >= 0.6 is 0 Å². The van der Waals surface area contributed by atoms with Gasteiger partial charge in [-0.05, 0) is 68.2 Å². The van der Waals surface area contributed by atoms with E-state index in [9.17, 15) is 0 Å². The first kappa shape index (κ1) is 22.5. The molecule has 1 heteroatoms. The van der Waals surface area contributed by atoms with Crippen LogP contribution in [0.15, 0.2) is 59.3 Å². The van der Waals surface area contributed by atoms with Crippen LogP contribution in [0.25, 0.3) is 0 Å². The number of hydrogen-bond acceptors (Lipinski definition) is 1. The number of benzene rings is 1. The summed E-state index contributed by atoms with van der Waals surface area (Å²) in [7, 11) is 0. The minimum atomic E-state index is 0.343. The average Bonchev–Trinajstić information content (AvgIpc) is 2.63. The van der Waals surface area contributed by atoms with Crippen molar-refractivity contribution in [3.8, 4) is 0 Å². The summed E-state index contributed by atoms with van der Waals surface area (Å²) in [5, 5.41) is 0. The lowest BCUT2D eigenvalue weighted by Gasteiger charge is -2.33. The van der Waals surface area contributed by atoms with Crippen molar-refractivity contribution in [2.24, 2.45) is 5.41 Å². The van der Waals surface area contributed by atoms with Gasteiger partial charge in [0.1, 0.15) is 0 Å². The molecule has 1 nitrogen and oxygen atoms in total. The second kappa shape index (κ2) is 10.7. The van der Waals surface area contributed by atoms with E-state index >= 15 is 0 Å². The van der Waals surface area contributed by atoms with Gasteiger partial charge in [0, 0.05) is 17.9 Å². The number of nitrogens with zero attached hydrogens (tertiary/aromatic N) is 1. The zero-order valence-corrected chi connectivity index (χ0v) is 19.1. The lowest BCUT2D eigenvalue weighted by atomic mass is 9.74. The van der Waals surface area contributed by atoms with Crippen molar-refractivity contribution in [1.82, 2.24) is 0 Å². The van der Waals surface area contributed by atoms with Crippen LogP contribution in [0.4, 0.5) is 5.69 Å². The molecule has 154 valence electrons. The first-order valence-corrected chi connectivity index (χ1v) is 11.3. The Hall–Kier alpha value is -1.76. The lowest BCUT2D eigenvalue weighted by molar-refractivity contribution is 0.354. The molecular formula is C27H41N. The van der Waals surface area contributed by atoms with Gasteiger partial charge in [0.15, 0.2) is 0 Å².